The van der Waals surface area contributed by atoms with E-state index in [2.05, 4.69) is 11.9 Å². The first-order valence-corrected chi connectivity index (χ1v) is 4.83. The Morgan fingerprint density at radius 2 is 1.86 bits per heavy atom. The number of nitrogens with one attached hydrogen (secondary N) is 1. The summed E-state index contributed by atoms with van der Waals surface area (Å²) >= 11 is 0. The lowest BCUT2D eigenvalue weighted by molar-refractivity contribution is -0.135. The van der Waals surface area contributed by atoms with Crippen LogP contribution in [0.15, 0.2) is 12.2 Å². The van der Waals surface area contributed by atoms with E-state index >= 15 is 0 Å². The molecule has 0 bridgehead atoms. The lowest BCUT2D eigenvalue weighted by Gasteiger charge is -2.06. The molecular weight excluding hydrogens is 191 g/mol. The Hall–Kier alpha value is -0.510. The van der Waals surface area contributed by atoms with Gasteiger partial charge in [-0.15, -0.1) is 6.58 Å². The van der Waals surface area contributed by atoms with Crippen LogP contribution < -0.4 is 5.32 Å². The van der Waals surface area contributed by atoms with Crippen molar-refractivity contribution in [1.29, 1.82) is 0 Å². The van der Waals surface area contributed by atoms with Crippen molar-refractivity contribution in [3.63, 3.8) is 0 Å². The van der Waals surface area contributed by atoms with Gasteiger partial charge in [0.05, 0.1) is 0 Å². The molecule has 0 rings (SSSR count). The van der Waals surface area contributed by atoms with Crippen LogP contribution in [0.3, 0.4) is 0 Å². The predicted octanol–water partition coefficient (Wildman–Crippen LogP) is 3.27. The highest BCUT2D eigenvalue weighted by Gasteiger charge is 2.25. The van der Waals surface area contributed by atoms with Gasteiger partial charge in [-0.1, -0.05) is 5.57 Å². The quantitative estimate of drug-likeness (QED) is 0.501. The maximum absolute atomic E-state index is 11.7. The van der Waals surface area contributed by atoms with Crippen LogP contribution in [0.5, 0.6) is 0 Å². The molecule has 0 atom stereocenters. The highest BCUT2D eigenvalue weighted by Crippen LogP contribution is 2.21. The Morgan fingerprint density at radius 3 is 2.36 bits per heavy atom. The second-order valence-corrected chi connectivity index (χ2v) is 3.53. The van der Waals surface area contributed by atoms with Crippen LogP contribution in [0.4, 0.5) is 13.2 Å². The standard InChI is InChI=1S/C10H18F3N/c1-9(2)5-8-14-7-4-3-6-10(11,12)13/h14H,1,3-8H2,2H3. The Kier molecular flexibility index (Phi) is 6.62. The van der Waals surface area contributed by atoms with E-state index in [4.69, 9.17) is 0 Å². The van der Waals surface area contributed by atoms with E-state index in [0.29, 0.717) is 13.0 Å². The van der Waals surface area contributed by atoms with Crippen LogP contribution in [0.1, 0.15) is 32.6 Å². The van der Waals surface area contributed by atoms with Crippen LogP contribution in [-0.4, -0.2) is 19.3 Å². The van der Waals surface area contributed by atoms with E-state index in [1.165, 1.54) is 0 Å². The maximum atomic E-state index is 11.7. The number of hydrogen-bond acceptors (Lipinski definition) is 1. The van der Waals surface area contributed by atoms with E-state index in [0.717, 1.165) is 18.5 Å². The zero-order chi connectivity index (χ0) is 11.0. The van der Waals surface area contributed by atoms with Crippen molar-refractivity contribution >= 4 is 0 Å². The average molecular weight is 209 g/mol. The first-order chi connectivity index (χ1) is 6.42. The fourth-order valence-corrected chi connectivity index (χ4v) is 1.00. The van der Waals surface area contributed by atoms with Crippen molar-refractivity contribution in [2.24, 2.45) is 0 Å². The Bertz CT molecular complexity index is 163. The van der Waals surface area contributed by atoms with Crippen molar-refractivity contribution in [3.05, 3.63) is 12.2 Å². The smallest absolute Gasteiger partial charge is 0.316 e. The van der Waals surface area contributed by atoms with Gasteiger partial charge in [0.25, 0.3) is 0 Å². The van der Waals surface area contributed by atoms with Crippen LogP contribution in [0.2, 0.25) is 0 Å². The van der Waals surface area contributed by atoms with Gasteiger partial charge >= 0.3 is 6.18 Å². The van der Waals surface area contributed by atoms with Crippen LogP contribution in [0.25, 0.3) is 0 Å². The zero-order valence-electron chi connectivity index (χ0n) is 8.58. The van der Waals surface area contributed by atoms with Crippen LogP contribution in [-0.2, 0) is 0 Å². The second-order valence-electron chi connectivity index (χ2n) is 3.53. The van der Waals surface area contributed by atoms with Crippen LogP contribution >= 0.6 is 0 Å². The highest BCUT2D eigenvalue weighted by atomic mass is 19.4. The highest BCUT2D eigenvalue weighted by molar-refractivity contribution is 4.87. The van der Waals surface area contributed by atoms with Crippen molar-refractivity contribution < 1.29 is 13.2 Å². The molecule has 0 aliphatic heterocycles. The SMILES string of the molecule is C=C(C)CCNCCCCC(F)(F)F. The number of rotatable bonds is 7. The molecule has 1 N–H and O–H groups in total. The molecule has 0 saturated carbocycles. The Morgan fingerprint density at radius 1 is 1.21 bits per heavy atom. The molecule has 1 nitrogen and oxygen atoms in total. The normalized spacial score (nSPS) is 11.7. The van der Waals surface area contributed by atoms with Crippen molar-refractivity contribution in [2.45, 2.75) is 38.8 Å². The minimum absolute atomic E-state index is 0.212. The van der Waals surface area contributed by atoms with Crippen molar-refractivity contribution in [2.75, 3.05) is 13.1 Å². The zero-order valence-corrected chi connectivity index (χ0v) is 8.58. The molecular formula is C10H18F3N. The molecule has 0 aliphatic carbocycles. The van der Waals surface area contributed by atoms with Gasteiger partial charge < -0.3 is 5.32 Å². The molecule has 0 amide bonds. The van der Waals surface area contributed by atoms with Gasteiger partial charge in [0.15, 0.2) is 0 Å². The van der Waals surface area contributed by atoms with E-state index in [-0.39, 0.29) is 6.42 Å². The monoisotopic (exact) mass is 209 g/mol. The van der Waals surface area contributed by atoms with Gasteiger partial charge in [0, 0.05) is 6.42 Å². The summed E-state index contributed by atoms with van der Waals surface area (Å²) in [5, 5.41) is 3.07. The number of halogens is 3. The summed E-state index contributed by atoms with van der Waals surface area (Å²) in [6.45, 7) is 7.13. The molecule has 4 heteroatoms. The summed E-state index contributed by atoms with van der Waals surface area (Å²) in [7, 11) is 0. The molecule has 0 radical (unpaired) electrons. The molecule has 0 aromatic heterocycles. The Labute approximate surface area is 83.4 Å². The topological polar surface area (TPSA) is 12.0 Å². The minimum atomic E-state index is -4.00. The summed E-state index contributed by atoms with van der Waals surface area (Å²) in [5.74, 6) is 0. The Balaban J connectivity index is 3.11. The molecule has 0 aromatic rings. The third kappa shape index (κ3) is 11.5. The summed E-state index contributed by atoms with van der Waals surface area (Å²) < 4.78 is 35.1. The largest absolute Gasteiger partial charge is 0.389 e. The molecule has 0 heterocycles. The van der Waals surface area contributed by atoms with E-state index in [1.807, 2.05) is 6.92 Å². The summed E-state index contributed by atoms with van der Waals surface area (Å²) in [4.78, 5) is 0. The van der Waals surface area contributed by atoms with Crippen molar-refractivity contribution in [3.8, 4) is 0 Å². The number of alkyl halides is 3. The summed E-state index contributed by atoms with van der Waals surface area (Å²) in [6, 6.07) is 0. The van der Waals surface area contributed by atoms with Gasteiger partial charge in [-0.2, -0.15) is 13.2 Å². The number of unbranched alkanes of at least 4 members (excludes halogenated alkanes) is 1. The van der Waals surface area contributed by atoms with Gasteiger partial charge in [-0.05, 0) is 39.3 Å². The van der Waals surface area contributed by atoms with E-state index < -0.39 is 12.6 Å². The minimum Gasteiger partial charge on any atom is -0.316 e. The van der Waals surface area contributed by atoms with Gasteiger partial charge in [0.2, 0.25) is 0 Å². The number of hydrogen-bond donors (Lipinski definition) is 1. The van der Waals surface area contributed by atoms with Gasteiger partial charge in [0.1, 0.15) is 0 Å². The second kappa shape index (κ2) is 6.87. The molecule has 0 aromatic carbocycles. The maximum Gasteiger partial charge on any atom is 0.389 e. The summed E-state index contributed by atoms with van der Waals surface area (Å²) in [6.07, 6.45) is -2.99. The molecule has 84 valence electrons. The lowest BCUT2D eigenvalue weighted by Crippen LogP contribution is -2.17. The first kappa shape index (κ1) is 13.5. The molecule has 0 fully saturated rings. The third-order valence-electron chi connectivity index (χ3n) is 1.79. The molecule has 0 saturated heterocycles. The lowest BCUT2D eigenvalue weighted by atomic mass is 10.2. The molecule has 0 unspecified atom stereocenters. The van der Waals surface area contributed by atoms with Gasteiger partial charge in [-0.25, -0.2) is 0 Å². The van der Waals surface area contributed by atoms with Gasteiger partial charge in [-0.3, -0.25) is 0 Å². The van der Waals surface area contributed by atoms with E-state index in [9.17, 15) is 13.2 Å². The fraction of sp³-hybridized carbons (Fsp3) is 0.800. The predicted molar refractivity (Wildman–Crippen MR) is 52.2 cm³/mol. The van der Waals surface area contributed by atoms with E-state index in [1.54, 1.807) is 0 Å². The molecule has 14 heavy (non-hydrogen) atoms. The molecule has 0 aliphatic rings. The first-order valence-electron chi connectivity index (χ1n) is 4.83. The van der Waals surface area contributed by atoms with Crippen molar-refractivity contribution in [1.82, 2.24) is 5.32 Å². The fourth-order valence-electron chi connectivity index (χ4n) is 1.00. The average Bonchev–Trinajstić information content (AvgIpc) is 2.00. The summed E-state index contributed by atoms with van der Waals surface area (Å²) in [5.41, 5.74) is 1.09. The molecule has 0 spiro atoms. The third-order valence-corrected chi connectivity index (χ3v) is 1.79. The van der Waals surface area contributed by atoms with Crippen LogP contribution in [0, 0.1) is 0 Å².